The van der Waals surface area contributed by atoms with Gasteiger partial charge in [0.2, 0.25) is 0 Å². The van der Waals surface area contributed by atoms with Gasteiger partial charge < -0.3 is 20.1 Å². The number of nitrogens with one attached hydrogen (secondary N) is 2. The van der Waals surface area contributed by atoms with E-state index in [-0.39, 0.29) is 0 Å². The van der Waals surface area contributed by atoms with Crippen LogP contribution in [0.4, 0.5) is 11.6 Å². The molecule has 0 saturated heterocycles. The van der Waals surface area contributed by atoms with Crippen molar-refractivity contribution in [3.05, 3.63) is 18.6 Å². The topological polar surface area (TPSA) is 74.5 Å². The van der Waals surface area contributed by atoms with Crippen molar-refractivity contribution in [3.8, 4) is 0 Å². The van der Waals surface area contributed by atoms with Gasteiger partial charge in [0.05, 0.1) is 11.8 Å². The van der Waals surface area contributed by atoms with E-state index in [1.807, 2.05) is 30.1 Å². The van der Waals surface area contributed by atoms with Crippen LogP contribution in [-0.4, -0.2) is 50.7 Å². The van der Waals surface area contributed by atoms with E-state index in [4.69, 9.17) is 0 Å². The lowest BCUT2D eigenvalue weighted by molar-refractivity contribution is 0.0996. The summed E-state index contributed by atoms with van der Waals surface area (Å²) in [5.41, 5.74) is -0.0284. The second kappa shape index (κ2) is 5.66. The Bertz CT molecular complexity index is 554. The second-order valence-corrected chi connectivity index (χ2v) is 5.53. The van der Waals surface area contributed by atoms with Crippen molar-refractivity contribution in [3.63, 3.8) is 0 Å². The zero-order valence-corrected chi connectivity index (χ0v) is 12.2. The summed E-state index contributed by atoms with van der Waals surface area (Å²) >= 11 is 1.61. The summed E-state index contributed by atoms with van der Waals surface area (Å²) in [6, 6.07) is 0. The predicted octanol–water partition coefficient (Wildman–Crippen LogP) is 1.30. The molecule has 3 N–H and O–H groups in total. The Kier molecular flexibility index (Phi) is 4.16. The first-order chi connectivity index (χ1) is 9.05. The normalized spacial score (nSPS) is 14.3. The van der Waals surface area contributed by atoms with E-state index < -0.39 is 5.60 Å². The predicted molar refractivity (Wildman–Crippen MR) is 80.0 cm³/mol. The Morgan fingerprint density at radius 2 is 2.32 bits per heavy atom. The maximum absolute atomic E-state index is 10.2. The summed E-state index contributed by atoms with van der Waals surface area (Å²) in [6.07, 6.45) is 7.43. The molecule has 0 aromatic carbocycles. The van der Waals surface area contributed by atoms with E-state index in [0.717, 1.165) is 11.5 Å². The highest BCUT2D eigenvalue weighted by atomic mass is 32.2. The Balaban J connectivity index is 2.22. The summed E-state index contributed by atoms with van der Waals surface area (Å²) in [5, 5.41) is 16.4. The van der Waals surface area contributed by atoms with E-state index >= 15 is 0 Å². The minimum atomic E-state index is -0.777. The average molecular weight is 281 g/mol. The summed E-state index contributed by atoms with van der Waals surface area (Å²) in [5.74, 6) is 2.08. The fourth-order valence-electron chi connectivity index (χ4n) is 1.81. The molecule has 0 saturated carbocycles. The lowest BCUT2D eigenvalue weighted by atomic mass is 10.1. The lowest BCUT2D eigenvalue weighted by Gasteiger charge is -2.23. The zero-order valence-electron chi connectivity index (χ0n) is 11.3. The Morgan fingerprint density at radius 1 is 1.53 bits per heavy atom. The van der Waals surface area contributed by atoms with Gasteiger partial charge in [-0.1, -0.05) is 0 Å². The zero-order chi connectivity index (χ0) is 13.9. The molecule has 19 heavy (non-hydrogen) atoms. The van der Waals surface area contributed by atoms with Gasteiger partial charge in [0.15, 0.2) is 11.5 Å². The number of hydrogen-bond donors (Lipinski definition) is 3. The number of hydrogen-bond acceptors (Lipinski definition) is 6. The van der Waals surface area contributed by atoms with Gasteiger partial charge in [-0.3, -0.25) is 0 Å². The fraction of sp³-hybridized carbons (Fsp3) is 0.500. The number of aromatic nitrogens is 3. The molecule has 0 spiro atoms. The Labute approximate surface area is 116 Å². The van der Waals surface area contributed by atoms with Crippen molar-refractivity contribution >= 4 is 29.0 Å². The van der Waals surface area contributed by atoms with Gasteiger partial charge in [0, 0.05) is 31.7 Å². The van der Waals surface area contributed by atoms with Crippen LogP contribution in [0.25, 0.3) is 5.65 Å². The molecule has 1 unspecified atom stereocenters. The van der Waals surface area contributed by atoms with Crippen molar-refractivity contribution in [1.82, 2.24) is 14.4 Å². The number of imidazole rings is 1. The Morgan fingerprint density at radius 3 is 3.00 bits per heavy atom. The number of anilines is 2. The van der Waals surface area contributed by atoms with E-state index in [2.05, 4.69) is 20.6 Å². The minimum Gasteiger partial charge on any atom is -0.387 e. The standard InChI is InChI=1S/C12H19N5OS/c1-12(18,8-19-3)7-15-10-11-14-4-5-17(11)6-9(13-2)16-10/h4-6,13,18H,7-8H2,1-3H3,(H,15,16). The number of rotatable bonds is 6. The summed E-state index contributed by atoms with van der Waals surface area (Å²) in [4.78, 5) is 8.70. The van der Waals surface area contributed by atoms with Gasteiger partial charge in [0.1, 0.15) is 5.82 Å². The summed E-state index contributed by atoms with van der Waals surface area (Å²) in [6.45, 7) is 2.23. The quantitative estimate of drug-likeness (QED) is 0.741. The van der Waals surface area contributed by atoms with Crippen LogP contribution in [0.2, 0.25) is 0 Å². The molecule has 0 aliphatic carbocycles. The van der Waals surface area contributed by atoms with Crippen molar-refractivity contribution < 1.29 is 5.11 Å². The average Bonchev–Trinajstić information content (AvgIpc) is 2.83. The number of nitrogens with zero attached hydrogens (tertiary/aromatic N) is 3. The number of thioether (sulfide) groups is 1. The first kappa shape index (κ1) is 14.0. The van der Waals surface area contributed by atoms with Crippen LogP contribution in [0.3, 0.4) is 0 Å². The van der Waals surface area contributed by atoms with Crippen molar-refractivity contribution in [2.24, 2.45) is 0 Å². The molecule has 7 heteroatoms. The van der Waals surface area contributed by atoms with Gasteiger partial charge in [0.25, 0.3) is 0 Å². The molecule has 2 rings (SSSR count). The van der Waals surface area contributed by atoms with Crippen LogP contribution in [0.5, 0.6) is 0 Å². The van der Waals surface area contributed by atoms with Crippen LogP contribution >= 0.6 is 11.8 Å². The molecule has 1 atom stereocenters. The lowest BCUT2D eigenvalue weighted by Crippen LogP contribution is -2.36. The van der Waals surface area contributed by atoms with Crippen LogP contribution in [0.1, 0.15) is 6.92 Å². The Hall–Kier alpha value is -1.47. The van der Waals surface area contributed by atoms with Gasteiger partial charge in [-0.05, 0) is 13.2 Å². The van der Waals surface area contributed by atoms with Gasteiger partial charge in [-0.15, -0.1) is 0 Å². The number of fused-ring (bicyclic) bond motifs is 1. The van der Waals surface area contributed by atoms with Gasteiger partial charge in [-0.2, -0.15) is 11.8 Å². The molecule has 0 amide bonds. The monoisotopic (exact) mass is 281 g/mol. The molecule has 104 valence electrons. The molecular formula is C12H19N5OS. The van der Waals surface area contributed by atoms with E-state index in [1.54, 1.807) is 24.9 Å². The molecule has 0 aliphatic heterocycles. The van der Waals surface area contributed by atoms with E-state index in [9.17, 15) is 5.11 Å². The summed E-state index contributed by atoms with van der Waals surface area (Å²) < 4.78 is 1.89. The SMILES string of the molecule is CNc1cn2ccnc2c(NCC(C)(O)CSC)n1. The van der Waals surface area contributed by atoms with Crippen molar-refractivity contribution in [1.29, 1.82) is 0 Å². The highest BCUT2D eigenvalue weighted by Gasteiger charge is 2.20. The molecular weight excluding hydrogens is 262 g/mol. The van der Waals surface area contributed by atoms with Gasteiger partial charge in [-0.25, -0.2) is 9.97 Å². The number of aliphatic hydroxyl groups is 1. The third-order valence-electron chi connectivity index (χ3n) is 2.72. The first-order valence-electron chi connectivity index (χ1n) is 6.02. The molecule has 0 bridgehead atoms. The first-order valence-corrected chi connectivity index (χ1v) is 7.42. The highest BCUT2D eigenvalue weighted by Crippen LogP contribution is 2.18. The maximum atomic E-state index is 10.2. The largest absolute Gasteiger partial charge is 0.387 e. The third kappa shape index (κ3) is 3.30. The van der Waals surface area contributed by atoms with Crippen LogP contribution < -0.4 is 10.6 Å². The smallest absolute Gasteiger partial charge is 0.180 e. The van der Waals surface area contributed by atoms with Crippen molar-refractivity contribution in [2.75, 3.05) is 36.2 Å². The van der Waals surface area contributed by atoms with E-state index in [1.165, 1.54) is 0 Å². The molecule has 0 radical (unpaired) electrons. The highest BCUT2D eigenvalue weighted by molar-refractivity contribution is 7.98. The maximum Gasteiger partial charge on any atom is 0.180 e. The third-order valence-corrected chi connectivity index (χ3v) is 3.63. The minimum absolute atomic E-state index is 0.427. The fourth-order valence-corrected chi connectivity index (χ4v) is 2.53. The van der Waals surface area contributed by atoms with Crippen LogP contribution in [-0.2, 0) is 0 Å². The molecule has 2 aromatic rings. The molecule has 0 fully saturated rings. The molecule has 6 nitrogen and oxygen atoms in total. The van der Waals surface area contributed by atoms with Crippen LogP contribution in [0.15, 0.2) is 18.6 Å². The van der Waals surface area contributed by atoms with Gasteiger partial charge >= 0.3 is 0 Å². The van der Waals surface area contributed by atoms with E-state index in [0.29, 0.717) is 18.1 Å². The molecule has 2 heterocycles. The summed E-state index contributed by atoms with van der Waals surface area (Å²) in [7, 11) is 1.82. The molecule has 0 aliphatic rings. The van der Waals surface area contributed by atoms with Crippen LogP contribution in [0, 0.1) is 0 Å². The second-order valence-electron chi connectivity index (χ2n) is 4.67. The van der Waals surface area contributed by atoms with Crippen molar-refractivity contribution in [2.45, 2.75) is 12.5 Å². The molecule has 2 aromatic heterocycles.